The molecule has 1 aliphatic carbocycles. The first-order valence-corrected chi connectivity index (χ1v) is 7.46. The smallest absolute Gasteiger partial charge is 0.240 e. The van der Waals surface area contributed by atoms with E-state index in [1.165, 1.54) is 12.1 Å². The number of carbonyl (C=O) groups excluding carboxylic acids is 2. The van der Waals surface area contributed by atoms with Gasteiger partial charge in [-0.3, -0.25) is 9.59 Å². The van der Waals surface area contributed by atoms with Crippen molar-refractivity contribution in [2.75, 3.05) is 5.32 Å². The van der Waals surface area contributed by atoms with Gasteiger partial charge in [0.05, 0.1) is 0 Å². The number of carbonyl (C=O) groups is 2. The zero-order chi connectivity index (χ0) is 16.4. The highest BCUT2D eigenvalue weighted by atomic mass is 16.3. The molecule has 2 aromatic carbocycles. The zero-order valence-corrected chi connectivity index (χ0v) is 12.5. The summed E-state index contributed by atoms with van der Waals surface area (Å²) >= 11 is 0. The van der Waals surface area contributed by atoms with Gasteiger partial charge in [-0.2, -0.15) is 0 Å². The van der Waals surface area contributed by atoms with Gasteiger partial charge in [-0.1, -0.05) is 30.3 Å². The number of nitrogens with one attached hydrogen (secondary N) is 1. The molecule has 5 heteroatoms. The third kappa shape index (κ3) is 2.90. The molecule has 2 unspecified atom stereocenters. The quantitative estimate of drug-likeness (QED) is 0.583. The molecule has 2 atom stereocenters. The molecule has 0 bridgehead atoms. The van der Waals surface area contributed by atoms with Gasteiger partial charge >= 0.3 is 0 Å². The van der Waals surface area contributed by atoms with E-state index in [-0.39, 0.29) is 17.6 Å². The van der Waals surface area contributed by atoms with Crippen LogP contribution in [0.1, 0.15) is 12.0 Å². The lowest BCUT2D eigenvalue weighted by molar-refractivity contribution is -0.133. The molecule has 3 rings (SSSR count). The Morgan fingerprint density at radius 3 is 2.39 bits per heavy atom. The summed E-state index contributed by atoms with van der Waals surface area (Å²) in [5.74, 6) is -0.938. The summed E-state index contributed by atoms with van der Waals surface area (Å²) in [7, 11) is 0. The van der Waals surface area contributed by atoms with E-state index in [0.717, 1.165) is 5.56 Å². The second-order valence-electron chi connectivity index (χ2n) is 5.93. The fourth-order valence-corrected chi connectivity index (χ4v) is 2.95. The van der Waals surface area contributed by atoms with Crippen LogP contribution in [0.4, 0.5) is 5.69 Å². The Morgan fingerprint density at radius 2 is 1.78 bits per heavy atom. The van der Waals surface area contributed by atoms with Crippen LogP contribution in [-0.4, -0.2) is 16.9 Å². The van der Waals surface area contributed by atoms with Crippen molar-refractivity contribution >= 4 is 17.5 Å². The molecule has 0 aromatic heterocycles. The summed E-state index contributed by atoms with van der Waals surface area (Å²) in [6.45, 7) is 0. The molecule has 2 amide bonds. The van der Waals surface area contributed by atoms with E-state index in [1.54, 1.807) is 12.1 Å². The van der Waals surface area contributed by atoms with Crippen molar-refractivity contribution < 1.29 is 14.7 Å². The molecule has 1 saturated carbocycles. The Morgan fingerprint density at radius 1 is 1.13 bits per heavy atom. The van der Waals surface area contributed by atoms with Gasteiger partial charge in [0.15, 0.2) is 0 Å². The number of nitrogens with two attached hydrogens (primary N) is 1. The van der Waals surface area contributed by atoms with E-state index in [4.69, 9.17) is 5.73 Å². The summed E-state index contributed by atoms with van der Waals surface area (Å²) in [6, 6.07) is 15.8. The van der Waals surface area contributed by atoms with Crippen molar-refractivity contribution in [1.29, 1.82) is 0 Å². The van der Waals surface area contributed by atoms with Crippen molar-refractivity contribution in [1.82, 2.24) is 0 Å². The Balaban J connectivity index is 1.73. The number of aromatic hydroxyl groups is 1. The number of phenolic OH excluding ortho intramolecular Hbond substituents is 1. The summed E-state index contributed by atoms with van der Waals surface area (Å²) in [5, 5.41) is 12.0. The first-order valence-electron chi connectivity index (χ1n) is 7.46. The Hall–Kier alpha value is -2.82. The van der Waals surface area contributed by atoms with E-state index < -0.39 is 11.3 Å². The molecule has 0 heterocycles. The average Bonchev–Trinajstić information content (AvgIpc) is 3.26. The molecule has 0 spiro atoms. The predicted octanol–water partition coefficient (Wildman–Crippen LogP) is 2.06. The molecule has 2 aromatic rings. The topological polar surface area (TPSA) is 92.4 Å². The number of phenols is 1. The van der Waals surface area contributed by atoms with E-state index in [9.17, 15) is 14.7 Å². The van der Waals surface area contributed by atoms with Crippen molar-refractivity contribution in [2.24, 2.45) is 17.1 Å². The van der Waals surface area contributed by atoms with Gasteiger partial charge in [-0.25, -0.2) is 0 Å². The maximum Gasteiger partial charge on any atom is 0.240 e. The Labute approximate surface area is 134 Å². The van der Waals surface area contributed by atoms with Crippen LogP contribution >= 0.6 is 0 Å². The largest absolute Gasteiger partial charge is 0.508 e. The minimum Gasteiger partial charge on any atom is -0.508 e. The average molecular weight is 310 g/mol. The second-order valence-corrected chi connectivity index (χ2v) is 5.93. The third-order valence-corrected chi connectivity index (χ3v) is 4.40. The molecule has 5 nitrogen and oxygen atoms in total. The number of benzene rings is 2. The van der Waals surface area contributed by atoms with Gasteiger partial charge < -0.3 is 16.2 Å². The molecular formula is C18H18N2O3. The second kappa shape index (κ2) is 5.76. The number of hydrogen-bond acceptors (Lipinski definition) is 3. The highest BCUT2D eigenvalue weighted by Gasteiger charge is 2.64. The monoisotopic (exact) mass is 310 g/mol. The van der Waals surface area contributed by atoms with Crippen molar-refractivity contribution in [2.45, 2.75) is 12.8 Å². The standard InChI is InChI=1S/C18H18N2O3/c19-16(22)18(11-13(18)10-12-4-2-1-3-5-12)17(23)20-14-6-8-15(21)9-7-14/h1-9,13,21H,10-11H2,(H2,19,22)(H,20,23). The van der Waals surface area contributed by atoms with Crippen molar-refractivity contribution in [3.63, 3.8) is 0 Å². The fraction of sp³-hybridized carbons (Fsp3) is 0.222. The molecule has 4 N–H and O–H groups in total. The van der Waals surface area contributed by atoms with Gasteiger partial charge in [-0.15, -0.1) is 0 Å². The lowest BCUT2D eigenvalue weighted by Crippen LogP contribution is -2.38. The van der Waals surface area contributed by atoms with Crippen LogP contribution in [-0.2, 0) is 16.0 Å². The summed E-state index contributed by atoms with van der Waals surface area (Å²) in [5.41, 5.74) is 5.98. The Bertz CT molecular complexity index is 728. The van der Waals surface area contributed by atoms with Gasteiger partial charge in [-0.05, 0) is 48.6 Å². The lowest BCUT2D eigenvalue weighted by Gasteiger charge is -2.14. The number of primary amides is 1. The van der Waals surface area contributed by atoms with Gasteiger partial charge in [0, 0.05) is 5.69 Å². The fourth-order valence-electron chi connectivity index (χ4n) is 2.95. The Kier molecular flexibility index (Phi) is 3.78. The van der Waals surface area contributed by atoms with Crippen LogP contribution in [0, 0.1) is 11.3 Å². The highest BCUT2D eigenvalue weighted by molar-refractivity contribution is 6.13. The molecule has 23 heavy (non-hydrogen) atoms. The van der Waals surface area contributed by atoms with E-state index >= 15 is 0 Å². The minimum absolute atomic E-state index is 0.0838. The van der Waals surface area contributed by atoms with E-state index in [1.807, 2.05) is 30.3 Å². The minimum atomic E-state index is -1.15. The molecule has 0 aliphatic heterocycles. The SMILES string of the molecule is NC(=O)C1(C(=O)Nc2ccc(O)cc2)CC1Cc1ccccc1. The van der Waals surface area contributed by atoms with E-state index in [0.29, 0.717) is 18.5 Å². The molecule has 0 radical (unpaired) electrons. The van der Waals surface area contributed by atoms with Crippen LogP contribution in [0.25, 0.3) is 0 Å². The summed E-state index contributed by atoms with van der Waals surface area (Å²) < 4.78 is 0. The van der Waals surface area contributed by atoms with Gasteiger partial charge in [0.1, 0.15) is 11.2 Å². The third-order valence-electron chi connectivity index (χ3n) is 4.40. The number of hydrogen-bond donors (Lipinski definition) is 3. The van der Waals surface area contributed by atoms with E-state index in [2.05, 4.69) is 5.32 Å². The molecule has 1 aliphatic rings. The number of amides is 2. The first-order chi connectivity index (χ1) is 11.0. The predicted molar refractivity (Wildman–Crippen MR) is 86.6 cm³/mol. The molecule has 0 saturated heterocycles. The number of rotatable bonds is 5. The summed E-state index contributed by atoms with van der Waals surface area (Å²) in [6.07, 6.45) is 1.11. The normalized spacial score (nSPS) is 22.3. The maximum atomic E-state index is 12.5. The maximum absolute atomic E-state index is 12.5. The van der Waals surface area contributed by atoms with Crippen LogP contribution in [0.15, 0.2) is 54.6 Å². The highest BCUT2D eigenvalue weighted by Crippen LogP contribution is 2.54. The first kappa shape index (κ1) is 15.1. The molecule has 118 valence electrons. The van der Waals surface area contributed by atoms with Crippen molar-refractivity contribution in [3.05, 3.63) is 60.2 Å². The van der Waals surface area contributed by atoms with Crippen LogP contribution in [0.5, 0.6) is 5.75 Å². The number of anilines is 1. The van der Waals surface area contributed by atoms with Gasteiger partial charge in [0.2, 0.25) is 11.8 Å². The van der Waals surface area contributed by atoms with Crippen LogP contribution in [0.2, 0.25) is 0 Å². The lowest BCUT2D eigenvalue weighted by atomic mass is 9.97. The molecular weight excluding hydrogens is 292 g/mol. The molecule has 1 fully saturated rings. The van der Waals surface area contributed by atoms with Crippen LogP contribution < -0.4 is 11.1 Å². The summed E-state index contributed by atoms with van der Waals surface area (Å²) in [4.78, 5) is 24.4. The van der Waals surface area contributed by atoms with Gasteiger partial charge in [0.25, 0.3) is 0 Å². The van der Waals surface area contributed by atoms with Crippen molar-refractivity contribution in [3.8, 4) is 5.75 Å². The van der Waals surface area contributed by atoms with Crippen LogP contribution in [0.3, 0.4) is 0 Å². The zero-order valence-electron chi connectivity index (χ0n) is 12.5.